The van der Waals surface area contributed by atoms with Gasteiger partial charge in [-0.05, 0) is 36.0 Å². The highest BCUT2D eigenvalue weighted by Crippen LogP contribution is 2.60. The maximum atomic E-state index is 10.6. The first-order valence-electron chi connectivity index (χ1n) is 9.86. The lowest BCUT2D eigenvalue weighted by molar-refractivity contribution is -0.906. The molecule has 2 aliphatic carbocycles. The molecule has 0 radical (unpaired) electrons. The molecule has 0 aliphatic heterocycles. The van der Waals surface area contributed by atoms with E-state index in [0.717, 1.165) is 16.9 Å². The third-order valence-electron chi connectivity index (χ3n) is 6.89. The van der Waals surface area contributed by atoms with Crippen molar-refractivity contribution in [3.63, 3.8) is 0 Å². The molecule has 0 unspecified atom stereocenters. The molecular formula is C22H36NO2+. The fourth-order valence-corrected chi connectivity index (χ4v) is 5.76. The van der Waals surface area contributed by atoms with E-state index >= 15 is 0 Å². The lowest BCUT2D eigenvalue weighted by atomic mass is 9.80. The number of quaternary nitrogens is 1. The second kappa shape index (κ2) is 7.02. The SMILES string of the molecule is C[C@H]1[C@H](OC[C@@H](O)C[N+](C)(C)Cc2ccccc2)[C@@H]2CC[C@@H]1C2(C)C. The van der Waals surface area contributed by atoms with E-state index in [1.807, 2.05) is 6.07 Å². The Morgan fingerprint density at radius 1 is 1.16 bits per heavy atom. The first kappa shape index (κ1) is 18.9. The van der Waals surface area contributed by atoms with E-state index < -0.39 is 6.10 Å². The summed E-state index contributed by atoms with van der Waals surface area (Å²) in [6.45, 7) is 9.27. The minimum Gasteiger partial charge on any atom is -0.385 e. The quantitative estimate of drug-likeness (QED) is 0.763. The van der Waals surface area contributed by atoms with Crippen molar-refractivity contribution in [3.8, 4) is 0 Å². The number of aliphatic hydroxyl groups is 1. The molecule has 140 valence electrons. The number of nitrogens with zero attached hydrogens (tertiary/aromatic N) is 1. The summed E-state index contributed by atoms with van der Waals surface area (Å²) >= 11 is 0. The van der Waals surface area contributed by atoms with E-state index in [2.05, 4.69) is 59.1 Å². The molecule has 5 atom stereocenters. The zero-order chi connectivity index (χ0) is 18.2. The first-order chi connectivity index (χ1) is 11.7. The number of benzene rings is 1. The molecule has 0 heterocycles. The second-order valence-corrected chi connectivity index (χ2v) is 9.68. The van der Waals surface area contributed by atoms with Gasteiger partial charge in [0.25, 0.3) is 0 Å². The van der Waals surface area contributed by atoms with Crippen molar-refractivity contribution in [1.29, 1.82) is 0 Å². The summed E-state index contributed by atoms with van der Waals surface area (Å²) in [7, 11) is 4.36. The molecular weight excluding hydrogens is 310 g/mol. The van der Waals surface area contributed by atoms with Crippen LogP contribution in [0.15, 0.2) is 30.3 Å². The molecule has 2 saturated carbocycles. The van der Waals surface area contributed by atoms with Crippen molar-refractivity contribution >= 4 is 0 Å². The van der Waals surface area contributed by atoms with Crippen LogP contribution in [0, 0.1) is 23.2 Å². The van der Waals surface area contributed by atoms with Gasteiger partial charge in [-0.1, -0.05) is 51.1 Å². The number of aliphatic hydroxyl groups excluding tert-OH is 1. The molecule has 0 amide bonds. The molecule has 1 N–H and O–H groups in total. The first-order valence-corrected chi connectivity index (χ1v) is 9.86. The van der Waals surface area contributed by atoms with Crippen LogP contribution in [0.5, 0.6) is 0 Å². The van der Waals surface area contributed by atoms with Crippen LogP contribution in [0.2, 0.25) is 0 Å². The van der Waals surface area contributed by atoms with Gasteiger partial charge in [0, 0.05) is 5.56 Å². The Morgan fingerprint density at radius 2 is 1.80 bits per heavy atom. The van der Waals surface area contributed by atoms with Crippen molar-refractivity contribution < 1.29 is 14.3 Å². The van der Waals surface area contributed by atoms with E-state index in [0.29, 0.717) is 36.5 Å². The normalized spacial score (nSPS) is 32.1. The van der Waals surface area contributed by atoms with Crippen LogP contribution in [0.3, 0.4) is 0 Å². The van der Waals surface area contributed by atoms with Gasteiger partial charge in [-0.3, -0.25) is 0 Å². The van der Waals surface area contributed by atoms with Gasteiger partial charge in [-0.15, -0.1) is 0 Å². The Kier molecular flexibility index (Phi) is 5.30. The Balaban J connectivity index is 1.50. The summed E-state index contributed by atoms with van der Waals surface area (Å²) in [6.07, 6.45) is 2.56. The Bertz CT molecular complexity index is 569. The smallest absolute Gasteiger partial charge is 0.126 e. The summed E-state index contributed by atoms with van der Waals surface area (Å²) in [5.74, 6) is 2.06. The van der Waals surface area contributed by atoms with E-state index in [-0.39, 0.29) is 0 Å². The second-order valence-electron chi connectivity index (χ2n) is 9.68. The molecule has 3 heteroatoms. The molecule has 1 aromatic carbocycles. The van der Waals surface area contributed by atoms with Crippen LogP contribution in [0.4, 0.5) is 0 Å². The van der Waals surface area contributed by atoms with Gasteiger partial charge >= 0.3 is 0 Å². The fraction of sp³-hybridized carbons (Fsp3) is 0.727. The van der Waals surface area contributed by atoms with Gasteiger partial charge in [0.2, 0.25) is 0 Å². The molecule has 25 heavy (non-hydrogen) atoms. The van der Waals surface area contributed by atoms with Gasteiger partial charge in [-0.2, -0.15) is 0 Å². The predicted octanol–water partition coefficient (Wildman–Crippen LogP) is 3.71. The number of fused-ring (bicyclic) bond motifs is 2. The molecule has 0 spiro atoms. The third-order valence-corrected chi connectivity index (χ3v) is 6.89. The van der Waals surface area contributed by atoms with Gasteiger partial charge in [0.05, 0.1) is 26.8 Å². The van der Waals surface area contributed by atoms with E-state index in [4.69, 9.17) is 4.74 Å². The van der Waals surface area contributed by atoms with Crippen molar-refractivity contribution in [2.45, 2.75) is 52.4 Å². The van der Waals surface area contributed by atoms with Crippen molar-refractivity contribution in [3.05, 3.63) is 35.9 Å². The highest BCUT2D eigenvalue weighted by molar-refractivity contribution is 5.13. The lowest BCUT2D eigenvalue weighted by Crippen LogP contribution is -2.46. The van der Waals surface area contributed by atoms with Crippen molar-refractivity contribution in [2.24, 2.45) is 23.2 Å². The molecule has 2 fully saturated rings. The largest absolute Gasteiger partial charge is 0.385 e. The zero-order valence-corrected chi connectivity index (χ0v) is 16.6. The maximum absolute atomic E-state index is 10.6. The zero-order valence-electron chi connectivity index (χ0n) is 16.6. The molecule has 1 aromatic rings. The topological polar surface area (TPSA) is 29.5 Å². The number of rotatable bonds is 7. The molecule has 0 saturated heterocycles. The fourth-order valence-electron chi connectivity index (χ4n) is 5.76. The monoisotopic (exact) mass is 346 g/mol. The average molecular weight is 347 g/mol. The molecule has 2 aliphatic rings. The minimum absolute atomic E-state index is 0.327. The summed E-state index contributed by atoms with van der Waals surface area (Å²) in [5.41, 5.74) is 1.71. The number of likely N-dealkylation sites (N-methyl/N-ethyl adjacent to an activating group) is 1. The van der Waals surface area contributed by atoms with Crippen LogP contribution >= 0.6 is 0 Å². The van der Waals surface area contributed by atoms with E-state index in [9.17, 15) is 5.11 Å². The summed E-state index contributed by atoms with van der Waals surface area (Å²) in [6, 6.07) is 10.5. The average Bonchev–Trinajstić information content (AvgIpc) is 2.91. The highest BCUT2D eigenvalue weighted by Gasteiger charge is 2.57. The van der Waals surface area contributed by atoms with Gasteiger partial charge in [0.15, 0.2) is 0 Å². The van der Waals surface area contributed by atoms with Crippen LogP contribution in [-0.4, -0.2) is 49.0 Å². The van der Waals surface area contributed by atoms with E-state index in [1.54, 1.807) is 0 Å². The Labute approximate surface area is 153 Å². The van der Waals surface area contributed by atoms with Crippen LogP contribution in [0.1, 0.15) is 39.2 Å². The van der Waals surface area contributed by atoms with Gasteiger partial charge in [0.1, 0.15) is 19.2 Å². The van der Waals surface area contributed by atoms with Gasteiger partial charge < -0.3 is 14.3 Å². The predicted molar refractivity (Wildman–Crippen MR) is 102 cm³/mol. The Morgan fingerprint density at radius 3 is 2.40 bits per heavy atom. The lowest BCUT2D eigenvalue weighted by Gasteiger charge is -2.33. The summed E-state index contributed by atoms with van der Waals surface area (Å²) in [4.78, 5) is 0. The standard InChI is InChI=1S/C22H36NO2/c1-16-19-11-12-20(22(19,2)3)21(16)25-15-18(24)14-23(4,5)13-17-9-7-6-8-10-17/h6-10,16,18-21,24H,11-15H2,1-5H3/q+1/t16-,18+,19+,20+,21+/m1/s1. The number of ether oxygens (including phenoxy) is 1. The number of hydrogen-bond donors (Lipinski definition) is 1. The minimum atomic E-state index is -0.409. The summed E-state index contributed by atoms with van der Waals surface area (Å²) < 4.78 is 7.05. The van der Waals surface area contributed by atoms with E-state index in [1.165, 1.54) is 18.4 Å². The molecule has 0 aromatic heterocycles. The highest BCUT2D eigenvalue weighted by atomic mass is 16.5. The van der Waals surface area contributed by atoms with Crippen molar-refractivity contribution in [2.75, 3.05) is 27.2 Å². The number of hydrogen-bond acceptors (Lipinski definition) is 2. The molecule has 2 bridgehead atoms. The Hall–Kier alpha value is -0.900. The van der Waals surface area contributed by atoms with Crippen LogP contribution in [-0.2, 0) is 11.3 Å². The van der Waals surface area contributed by atoms with Crippen LogP contribution < -0.4 is 0 Å². The third kappa shape index (κ3) is 3.94. The van der Waals surface area contributed by atoms with Gasteiger partial charge in [-0.25, -0.2) is 0 Å². The van der Waals surface area contributed by atoms with Crippen molar-refractivity contribution in [1.82, 2.24) is 0 Å². The maximum Gasteiger partial charge on any atom is 0.126 e. The molecule has 3 rings (SSSR count). The van der Waals surface area contributed by atoms with Crippen LogP contribution in [0.25, 0.3) is 0 Å². The summed E-state index contributed by atoms with van der Waals surface area (Å²) in [5, 5.41) is 10.6. The molecule has 3 nitrogen and oxygen atoms in total.